The Hall–Kier alpha value is -3.31. The lowest BCUT2D eigenvalue weighted by Gasteiger charge is -2.36. The van der Waals surface area contributed by atoms with Crippen LogP contribution in [-0.4, -0.2) is 19.1 Å². The lowest BCUT2D eigenvalue weighted by Crippen LogP contribution is -2.33. The van der Waals surface area contributed by atoms with Crippen LogP contribution in [0, 0.1) is 6.92 Å². The van der Waals surface area contributed by atoms with Gasteiger partial charge in [-0.15, -0.1) is 0 Å². The number of rotatable bonds is 4. The predicted octanol–water partition coefficient (Wildman–Crippen LogP) is 4.29. The third-order valence-electron chi connectivity index (χ3n) is 5.46. The Balaban J connectivity index is 1.72. The summed E-state index contributed by atoms with van der Waals surface area (Å²) in [5, 5.41) is 0. The van der Waals surface area contributed by atoms with Gasteiger partial charge in [0.25, 0.3) is 0 Å². The summed E-state index contributed by atoms with van der Waals surface area (Å²) in [6.07, 6.45) is 0.773. The number of ether oxygens (including phenoxy) is 3. The van der Waals surface area contributed by atoms with Gasteiger partial charge in [0.2, 0.25) is 0 Å². The highest BCUT2D eigenvalue weighted by molar-refractivity contribution is 5.97. The van der Waals surface area contributed by atoms with Gasteiger partial charge in [0, 0.05) is 22.8 Å². The number of esters is 1. The number of fused-ring (bicyclic) bond motifs is 6. The largest absolute Gasteiger partial charge is 0.493 e. The first-order valence-corrected chi connectivity index (χ1v) is 9.73. The van der Waals surface area contributed by atoms with E-state index >= 15 is 0 Å². The van der Waals surface area contributed by atoms with Crippen LogP contribution in [0.3, 0.4) is 0 Å². The molecular formula is C24H21NO4. The molecule has 0 fully saturated rings. The van der Waals surface area contributed by atoms with Gasteiger partial charge in [-0.3, -0.25) is 0 Å². The molecule has 5 nitrogen and oxygen atoms in total. The van der Waals surface area contributed by atoms with E-state index in [1.807, 2.05) is 61.5 Å². The van der Waals surface area contributed by atoms with Crippen LogP contribution in [0.25, 0.3) is 0 Å². The molecule has 2 aliphatic rings. The lowest BCUT2D eigenvalue weighted by atomic mass is 9.77. The standard InChI is InChI=1S/C24H21NO4/c1-15-7-9-19-21(13-15)28-22-14-16(27-12-4-11-25)8-10-20(22)24(19)18-6-3-2-5-17(18)23(26)29-24/h2-3,5-10,13-14H,4,11-12,25H2,1H3. The van der Waals surface area contributed by atoms with Crippen LogP contribution < -0.4 is 15.2 Å². The van der Waals surface area contributed by atoms with Crippen molar-refractivity contribution in [2.75, 3.05) is 13.2 Å². The number of carbonyl (C=O) groups excluding carboxylic acids is 1. The molecule has 3 aromatic rings. The number of hydrogen-bond acceptors (Lipinski definition) is 5. The molecular weight excluding hydrogens is 366 g/mol. The predicted molar refractivity (Wildman–Crippen MR) is 109 cm³/mol. The Morgan fingerprint density at radius 2 is 1.72 bits per heavy atom. The molecule has 1 atom stereocenters. The second-order valence-corrected chi connectivity index (χ2v) is 7.37. The molecule has 5 rings (SSSR count). The van der Waals surface area contributed by atoms with Gasteiger partial charge >= 0.3 is 5.97 Å². The molecule has 2 heterocycles. The average Bonchev–Trinajstić information content (AvgIpc) is 3.01. The van der Waals surface area contributed by atoms with Crippen molar-refractivity contribution in [2.45, 2.75) is 18.9 Å². The first kappa shape index (κ1) is 17.8. The molecule has 0 saturated carbocycles. The molecule has 0 amide bonds. The fourth-order valence-electron chi connectivity index (χ4n) is 4.13. The van der Waals surface area contributed by atoms with E-state index in [1.54, 1.807) is 6.07 Å². The highest BCUT2D eigenvalue weighted by Crippen LogP contribution is 2.56. The Bertz CT molecular complexity index is 1120. The van der Waals surface area contributed by atoms with E-state index in [4.69, 9.17) is 19.9 Å². The molecule has 0 aliphatic carbocycles. The van der Waals surface area contributed by atoms with E-state index in [0.29, 0.717) is 36.0 Å². The van der Waals surface area contributed by atoms with Gasteiger partial charge in [-0.25, -0.2) is 4.79 Å². The molecule has 3 aromatic carbocycles. The minimum absolute atomic E-state index is 0.330. The van der Waals surface area contributed by atoms with Crippen molar-refractivity contribution in [1.29, 1.82) is 0 Å². The zero-order chi connectivity index (χ0) is 20.0. The van der Waals surface area contributed by atoms with Crippen molar-refractivity contribution in [3.8, 4) is 17.2 Å². The van der Waals surface area contributed by atoms with E-state index in [2.05, 4.69) is 0 Å². The van der Waals surface area contributed by atoms with E-state index in [-0.39, 0.29) is 5.97 Å². The van der Waals surface area contributed by atoms with Crippen molar-refractivity contribution in [3.05, 3.63) is 88.5 Å². The normalized spacial score (nSPS) is 18.5. The van der Waals surface area contributed by atoms with E-state index in [9.17, 15) is 4.79 Å². The van der Waals surface area contributed by atoms with Crippen molar-refractivity contribution in [1.82, 2.24) is 0 Å². The summed E-state index contributed by atoms with van der Waals surface area (Å²) in [6, 6.07) is 19.1. The topological polar surface area (TPSA) is 70.8 Å². The van der Waals surface area contributed by atoms with Gasteiger partial charge in [0.15, 0.2) is 5.60 Å². The molecule has 2 aliphatic heterocycles. The van der Waals surface area contributed by atoms with Crippen molar-refractivity contribution in [2.24, 2.45) is 5.73 Å². The molecule has 0 radical (unpaired) electrons. The average molecular weight is 387 g/mol. The summed E-state index contributed by atoms with van der Waals surface area (Å²) < 4.78 is 18.2. The molecule has 5 heteroatoms. The molecule has 0 bridgehead atoms. The Morgan fingerprint density at radius 3 is 2.55 bits per heavy atom. The van der Waals surface area contributed by atoms with Crippen LogP contribution in [0.15, 0.2) is 60.7 Å². The maximum absolute atomic E-state index is 12.8. The molecule has 1 spiro atoms. The summed E-state index contributed by atoms with van der Waals surface area (Å²) >= 11 is 0. The van der Waals surface area contributed by atoms with Gasteiger partial charge in [0.1, 0.15) is 17.2 Å². The minimum Gasteiger partial charge on any atom is -0.493 e. The smallest absolute Gasteiger partial charge is 0.340 e. The van der Waals surface area contributed by atoms with Gasteiger partial charge in [-0.1, -0.05) is 30.3 Å². The Labute approximate surface area is 169 Å². The van der Waals surface area contributed by atoms with Crippen LogP contribution >= 0.6 is 0 Å². The zero-order valence-electron chi connectivity index (χ0n) is 16.1. The Kier molecular flexibility index (Phi) is 4.07. The number of benzene rings is 3. The first-order valence-electron chi connectivity index (χ1n) is 9.73. The van der Waals surface area contributed by atoms with Gasteiger partial charge in [0.05, 0.1) is 12.2 Å². The summed E-state index contributed by atoms with van der Waals surface area (Å²) in [6.45, 7) is 3.12. The van der Waals surface area contributed by atoms with Crippen LogP contribution in [0.1, 0.15) is 39.0 Å². The summed E-state index contributed by atoms with van der Waals surface area (Å²) in [7, 11) is 0. The van der Waals surface area contributed by atoms with E-state index in [0.717, 1.165) is 28.7 Å². The SMILES string of the molecule is Cc1ccc2c(c1)Oc1cc(OCCCN)ccc1C21OC(=O)c2ccccc21. The fourth-order valence-corrected chi connectivity index (χ4v) is 4.13. The first-order chi connectivity index (χ1) is 14.1. The highest BCUT2D eigenvalue weighted by atomic mass is 16.6. The van der Waals surface area contributed by atoms with Crippen LogP contribution in [0.2, 0.25) is 0 Å². The van der Waals surface area contributed by atoms with Gasteiger partial charge in [-0.05, 0) is 49.7 Å². The molecule has 29 heavy (non-hydrogen) atoms. The number of hydrogen-bond donors (Lipinski definition) is 1. The zero-order valence-corrected chi connectivity index (χ0v) is 16.1. The van der Waals surface area contributed by atoms with Crippen LogP contribution in [0.5, 0.6) is 17.2 Å². The summed E-state index contributed by atoms with van der Waals surface area (Å²) in [4.78, 5) is 12.8. The lowest BCUT2D eigenvalue weighted by molar-refractivity contribution is 0.0224. The maximum Gasteiger partial charge on any atom is 0.340 e. The Morgan fingerprint density at radius 1 is 0.966 bits per heavy atom. The number of aryl methyl sites for hydroxylation is 1. The second kappa shape index (κ2) is 6.64. The monoisotopic (exact) mass is 387 g/mol. The van der Waals surface area contributed by atoms with Gasteiger partial charge < -0.3 is 19.9 Å². The van der Waals surface area contributed by atoms with Crippen molar-refractivity contribution < 1.29 is 19.0 Å². The molecule has 146 valence electrons. The van der Waals surface area contributed by atoms with E-state index < -0.39 is 5.60 Å². The van der Waals surface area contributed by atoms with Crippen LogP contribution in [0.4, 0.5) is 0 Å². The molecule has 0 saturated heterocycles. The molecule has 0 aromatic heterocycles. The van der Waals surface area contributed by atoms with Crippen molar-refractivity contribution >= 4 is 5.97 Å². The summed E-state index contributed by atoms with van der Waals surface area (Å²) in [5.41, 5.74) is 8.62. The maximum atomic E-state index is 12.8. The molecule has 2 N–H and O–H groups in total. The van der Waals surface area contributed by atoms with E-state index in [1.165, 1.54) is 0 Å². The quantitative estimate of drug-likeness (QED) is 0.534. The number of nitrogens with two attached hydrogens (primary N) is 1. The fraction of sp³-hybridized carbons (Fsp3) is 0.208. The minimum atomic E-state index is -1.03. The van der Waals surface area contributed by atoms with Gasteiger partial charge in [-0.2, -0.15) is 0 Å². The third kappa shape index (κ3) is 2.62. The summed E-state index contributed by atoms with van der Waals surface area (Å²) in [5.74, 6) is 1.67. The van der Waals surface area contributed by atoms with Crippen molar-refractivity contribution in [3.63, 3.8) is 0 Å². The third-order valence-corrected chi connectivity index (χ3v) is 5.46. The number of carbonyl (C=O) groups is 1. The van der Waals surface area contributed by atoms with Crippen LogP contribution in [-0.2, 0) is 10.3 Å². The highest BCUT2D eigenvalue weighted by Gasteiger charge is 2.53. The molecule has 1 unspecified atom stereocenters. The second-order valence-electron chi connectivity index (χ2n) is 7.37.